The van der Waals surface area contributed by atoms with Crippen LogP contribution in [0, 0.1) is 16.7 Å². The lowest BCUT2D eigenvalue weighted by Crippen LogP contribution is -3.08. The van der Waals surface area contributed by atoms with Gasteiger partial charge in [0, 0.05) is 5.41 Å². The van der Waals surface area contributed by atoms with Crippen molar-refractivity contribution in [2.75, 3.05) is 13.1 Å². The lowest BCUT2D eigenvalue weighted by atomic mass is 9.70. The number of fused-ring (bicyclic) bond motifs is 2. The number of hydrogen-bond acceptors (Lipinski definition) is 1. The molecule has 100 valence electrons. The zero-order valence-corrected chi connectivity index (χ0v) is 12.0. The number of ketones is 1. The summed E-state index contributed by atoms with van der Waals surface area (Å²) in [5, 5.41) is 0. The Bertz CT molecular complexity index is 403. The summed E-state index contributed by atoms with van der Waals surface area (Å²) < 4.78 is 0. The summed E-state index contributed by atoms with van der Waals surface area (Å²) in [6, 6.07) is 0. The van der Waals surface area contributed by atoms with Gasteiger partial charge in [0.2, 0.25) is 0 Å². The molecule has 2 saturated carbocycles. The number of hydrogen-bond donors (Lipinski definition) is 1. The van der Waals surface area contributed by atoms with Crippen LogP contribution in [0.1, 0.15) is 52.9 Å². The summed E-state index contributed by atoms with van der Waals surface area (Å²) in [6.45, 7) is 9.24. The maximum absolute atomic E-state index is 12.7. The number of allylic oxidation sites excluding steroid dienone is 1. The number of likely N-dealkylation sites (tertiary alicyclic amines) is 1. The van der Waals surface area contributed by atoms with E-state index in [4.69, 9.17) is 0 Å². The van der Waals surface area contributed by atoms with Crippen LogP contribution in [0.4, 0.5) is 0 Å². The second-order valence-electron chi connectivity index (χ2n) is 7.29. The standard InChI is InChI=1S/C16H25NO/c1-15(2)13-7-8-16(15,3)14(18)12(13)11-17-9-5-4-6-10-17/h11,13H,4-10H2,1-3H3/p+1. The molecule has 0 aromatic heterocycles. The highest BCUT2D eigenvalue weighted by Gasteiger charge is 2.64. The van der Waals surface area contributed by atoms with Crippen molar-refractivity contribution in [2.24, 2.45) is 16.7 Å². The molecule has 0 radical (unpaired) electrons. The Morgan fingerprint density at radius 3 is 2.39 bits per heavy atom. The van der Waals surface area contributed by atoms with Gasteiger partial charge < -0.3 is 4.90 Å². The van der Waals surface area contributed by atoms with Gasteiger partial charge in [-0.2, -0.15) is 0 Å². The fourth-order valence-corrected chi connectivity index (χ4v) is 4.46. The average Bonchev–Trinajstić information content (AvgIpc) is 2.65. The second kappa shape index (κ2) is 3.93. The maximum atomic E-state index is 12.7. The summed E-state index contributed by atoms with van der Waals surface area (Å²) >= 11 is 0. The highest BCUT2D eigenvalue weighted by Crippen LogP contribution is 2.65. The summed E-state index contributed by atoms with van der Waals surface area (Å²) in [6.07, 6.45) is 8.62. The second-order valence-corrected chi connectivity index (χ2v) is 7.29. The molecule has 1 N–H and O–H groups in total. The van der Waals surface area contributed by atoms with Gasteiger partial charge in [0.05, 0.1) is 18.7 Å². The number of quaternary nitrogens is 1. The van der Waals surface area contributed by atoms with Crippen molar-refractivity contribution in [3.8, 4) is 0 Å². The first-order chi connectivity index (χ1) is 8.47. The molecule has 3 rings (SSSR count). The van der Waals surface area contributed by atoms with E-state index in [1.807, 2.05) is 0 Å². The molecule has 0 aromatic carbocycles. The van der Waals surface area contributed by atoms with E-state index in [0.717, 1.165) is 6.42 Å². The fraction of sp³-hybridized carbons (Fsp3) is 0.812. The molecule has 3 aliphatic rings. The minimum absolute atomic E-state index is 0.0846. The van der Waals surface area contributed by atoms with Gasteiger partial charge in [-0.25, -0.2) is 0 Å². The van der Waals surface area contributed by atoms with E-state index in [9.17, 15) is 4.79 Å². The first-order valence-corrected chi connectivity index (χ1v) is 7.58. The van der Waals surface area contributed by atoms with Gasteiger partial charge in [-0.1, -0.05) is 20.8 Å². The monoisotopic (exact) mass is 248 g/mol. The van der Waals surface area contributed by atoms with Crippen LogP contribution in [0.15, 0.2) is 11.8 Å². The van der Waals surface area contributed by atoms with E-state index in [-0.39, 0.29) is 10.8 Å². The van der Waals surface area contributed by atoms with Gasteiger partial charge in [-0.15, -0.1) is 0 Å². The third kappa shape index (κ3) is 1.48. The van der Waals surface area contributed by atoms with Crippen LogP contribution in [-0.4, -0.2) is 18.9 Å². The molecule has 0 spiro atoms. The van der Waals surface area contributed by atoms with Gasteiger partial charge in [-0.05, 0) is 43.4 Å². The number of rotatable bonds is 1. The van der Waals surface area contributed by atoms with Crippen molar-refractivity contribution in [3.63, 3.8) is 0 Å². The summed E-state index contributed by atoms with van der Waals surface area (Å²) in [5.74, 6) is 0.978. The van der Waals surface area contributed by atoms with Crippen LogP contribution < -0.4 is 4.90 Å². The van der Waals surface area contributed by atoms with E-state index < -0.39 is 0 Å². The topological polar surface area (TPSA) is 21.5 Å². The third-order valence-corrected chi connectivity index (χ3v) is 6.22. The Kier molecular flexibility index (Phi) is 2.71. The van der Waals surface area contributed by atoms with E-state index in [1.165, 1.54) is 49.2 Å². The van der Waals surface area contributed by atoms with Crippen LogP contribution in [-0.2, 0) is 4.79 Å². The van der Waals surface area contributed by atoms with E-state index in [1.54, 1.807) is 0 Å². The number of carbonyl (C=O) groups is 1. The highest BCUT2D eigenvalue weighted by atomic mass is 16.1. The van der Waals surface area contributed by atoms with Crippen molar-refractivity contribution in [2.45, 2.75) is 52.9 Å². The van der Waals surface area contributed by atoms with Gasteiger partial charge in [-0.3, -0.25) is 4.79 Å². The molecule has 2 aliphatic carbocycles. The van der Waals surface area contributed by atoms with Crippen LogP contribution in [0.25, 0.3) is 0 Å². The van der Waals surface area contributed by atoms with Gasteiger partial charge in [0.15, 0.2) is 5.78 Å². The first-order valence-electron chi connectivity index (χ1n) is 7.58. The Morgan fingerprint density at radius 2 is 1.83 bits per heavy atom. The molecule has 2 atom stereocenters. The van der Waals surface area contributed by atoms with Crippen LogP contribution >= 0.6 is 0 Å². The Labute approximate surface area is 110 Å². The number of nitrogens with one attached hydrogen (secondary N) is 1. The molecule has 2 unspecified atom stereocenters. The van der Waals surface area contributed by atoms with Crippen molar-refractivity contribution in [1.29, 1.82) is 0 Å². The quantitative estimate of drug-likeness (QED) is 0.704. The molecule has 2 bridgehead atoms. The van der Waals surface area contributed by atoms with Gasteiger partial charge >= 0.3 is 0 Å². The van der Waals surface area contributed by atoms with E-state index >= 15 is 0 Å². The maximum Gasteiger partial charge on any atom is 0.170 e. The molecule has 0 amide bonds. The SMILES string of the molecule is CC12CCC(C(=C[NH+]3CCCCC3)C1=O)C2(C)C. The molecule has 2 heteroatoms. The van der Waals surface area contributed by atoms with Crippen molar-refractivity contribution in [3.05, 3.63) is 11.8 Å². The summed E-state index contributed by atoms with van der Waals surface area (Å²) in [4.78, 5) is 14.2. The molecule has 1 saturated heterocycles. The van der Waals surface area contributed by atoms with Crippen LogP contribution in [0.2, 0.25) is 0 Å². The largest absolute Gasteiger partial charge is 0.308 e. The summed E-state index contributed by atoms with van der Waals surface area (Å²) in [7, 11) is 0. The molecular formula is C16H26NO+. The van der Waals surface area contributed by atoms with Crippen LogP contribution in [0.3, 0.4) is 0 Å². The zero-order chi connectivity index (χ0) is 13.0. The zero-order valence-electron chi connectivity index (χ0n) is 12.0. The lowest BCUT2D eigenvalue weighted by Gasteiger charge is -2.31. The van der Waals surface area contributed by atoms with Crippen LogP contribution in [0.5, 0.6) is 0 Å². The molecule has 0 aromatic rings. The smallest absolute Gasteiger partial charge is 0.170 e. The number of piperidine rings is 1. The summed E-state index contributed by atoms with van der Waals surface area (Å²) in [5.41, 5.74) is 1.26. The Hall–Kier alpha value is -0.630. The molecule has 1 aliphatic heterocycles. The minimum Gasteiger partial charge on any atom is -0.308 e. The van der Waals surface area contributed by atoms with Crippen molar-refractivity contribution < 1.29 is 9.69 Å². The Balaban J connectivity index is 1.90. The first kappa shape index (κ1) is 12.4. The fourth-order valence-electron chi connectivity index (χ4n) is 4.46. The third-order valence-electron chi connectivity index (χ3n) is 6.22. The molecule has 18 heavy (non-hydrogen) atoms. The highest BCUT2D eigenvalue weighted by molar-refractivity contribution is 6.04. The van der Waals surface area contributed by atoms with Crippen molar-refractivity contribution >= 4 is 5.78 Å². The van der Waals surface area contributed by atoms with E-state index in [0.29, 0.717) is 11.7 Å². The van der Waals surface area contributed by atoms with Crippen molar-refractivity contribution in [1.82, 2.24) is 0 Å². The number of Topliss-reactive ketones (excluding diaryl/α,β-unsaturated/α-hetero) is 1. The minimum atomic E-state index is -0.0846. The van der Waals surface area contributed by atoms with Gasteiger partial charge in [0.1, 0.15) is 6.20 Å². The average molecular weight is 248 g/mol. The van der Waals surface area contributed by atoms with Gasteiger partial charge in [0.25, 0.3) is 0 Å². The van der Waals surface area contributed by atoms with E-state index in [2.05, 4.69) is 27.0 Å². The predicted molar refractivity (Wildman–Crippen MR) is 72.2 cm³/mol. The molecule has 2 nitrogen and oxygen atoms in total. The molecule has 1 heterocycles. The Morgan fingerprint density at radius 1 is 1.17 bits per heavy atom. The predicted octanol–water partition coefficient (Wildman–Crippen LogP) is 1.96. The molecule has 3 fully saturated rings. The molecular weight excluding hydrogens is 222 g/mol. The normalized spacial score (nSPS) is 41.8. The number of carbonyl (C=O) groups excluding carboxylic acids is 1. The lowest BCUT2D eigenvalue weighted by molar-refractivity contribution is -0.852.